The predicted molar refractivity (Wildman–Crippen MR) is 96.7 cm³/mol. The van der Waals surface area contributed by atoms with Gasteiger partial charge in [0, 0.05) is 50.6 Å². The largest absolute Gasteiger partial charge is 0.338 e. The van der Waals surface area contributed by atoms with Gasteiger partial charge >= 0.3 is 6.03 Å². The number of rotatable bonds is 6. The zero-order chi connectivity index (χ0) is 17.6. The third-order valence-electron chi connectivity index (χ3n) is 4.46. The number of amides is 2. The number of aryl methyl sites for hydroxylation is 2. The van der Waals surface area contributed by atoms with Gasteiger partial charge in [0.05, 0.1) is 17.2 Å². The van der Waals surface area contributed by atoms with Crippen molar-refractivity contribution in [1.29, 1.82) is 0 Å². The van der Waals surface area contributed by atoms with Crippen LogP contribution >= 0.6 is 11.3 Å². The maximum atomic E-state index is 12.3. The molecule has 0 radical (unpaired) electrons. The summed E-state index contributed by atoms with van der Waals surface area (Å²) in [7, 11) is 0. The minimum atomic E-state index is 0.0286. The SMILES string of the molecule is Cc1nc(CCNC(=O)N2CCN(CCn3cncn3)CC2)sc1C. The molecular formula is C16H25N7OS. The molecule has 9 heteroatoms. The molecule has 8 nitrogen and oxygen atoms in total. The minimum Gasteiger partial charge on any atom is -0.338 e. The number of carbonyl (C=O) groups excluding carboxylic acids is 1. The van der Waals surface area contributed by atoms with Crippen LogP contribution < -0.4 is 5.32 Å². The Bertz CT molecular complexity index is 657. The average Bonchev–Trinajstić information content (AvgIpc) is 3.23. The van der Waals surface area contributed by atoms with Gasteiger partial charge in [0.15, 0.2) is 0 Å². The van der Waals surface area contributed by atoms with E-state index in [0.717, 1.165) is 56.4 Å². The van der Waals surface area contributed by atoms with Crippen molar-refractivity contribution in [2.75, 3.05) is 39.3 Å². The van der Waals surface area contributed by atoms with Crippen LogP contribution in [0.5, 0.6) is 0 Å². The number of thiazole rings is 1. The molecule has 136 valence electrons. The zero-order valence-electron chi connectivity index (χ0n) is 14.8. The summed E-state index contributed by atoms with van der Waals surface area (Å²) in [5.74, 6) is 0. The summed E-state index contributed by atoms with van der Waals surface area (Å²) in [6.07, 6.45) is 4.08. The minimum absolute atomic E-state index is 0.0286. The van der Waals surface area contributed by atoms with Crippen LogP contribution in [-0.2, 0) is 13.0 Å². The summed E-state index contributed by atoms with van der Waals surface area (Å²) in [5, 5.41) is 8.21. The van der Waals surface area contributed by atoms with E-state index in [4.69, 9.17) is 0 Å². The highest BCUT2D eigenvalue weighted by atomic mass is 32.1. The molecule has 2 aromatic heterocycles. The molecule has 0 unspecified atom stereocenters. The number of hydrogen-bond donors (Lipinski definition) is 1. The van der Waals surface area contributed by atoms with Gasteiger partial charge in [-0.3, -0.25) is 9.58 Å². The number of hydrogen-bond acceptors (Lipinski definition) is 6. The van der Waals surface area contributed by atoms with Crippen LogP contribution in [-0.4, -0.2) is 74.8 Å². The lowest BCUT2D eigenvalue weighted by Crippen LogP contribution is -2.52. The third kappa shape index (κ3) is 4.99. The molecule has 0 aromatic carbocycles. The van der Waals surface area contributed by atoms with Crippen molar-refractivity contribution in [3.05, 3.63) is 28.2 Å². The van der Waals surface area contributed by atoms with Gasteiger partial charge < -0.3 is 10.2 Å². The van der Waals surface area contributed by atoms with Crippen LogP contribution in [0.4, 0.5) is 4.79 Å². The standard InChI is InChI=1S/C16H25N7OS/c1-13-14(2)25-15(20-13)3-4-18-16(24)22-8-5-21(6-9-22)7-10-23-12-17-11-19-23/h11-12H,3-10H2,1-2H3,(H,18,24). The normalized spacial score (nSPS) is 15.5. The van der Waals surface area contributed by atoms with Gasteiger partial charge in [-0.2, -0.15) is 5.10 Å². The molecule has 1 N–H and O–H groups in total. The summed E-state index contributed by atoms with van der Waals surface area (Å²) in [6.45, 7) is 9.82. The van der Waals surface area contributed by atoms with Gasteiger partial charge in [0.25, 0.3) is 0 Å². The van der Waals surface area contributed by atoms with Crippen LogP contribution in [0.15, 0.2) is 12.7 Å². The first kappa shape index (κ1) is 17.8. The molecule has 25 heavy (non-hydrogen) atoms. The van der Waals surface area contributed by atoms with Crippen molar-refractivity contribution < 1.29 is 4.79 Å². The summed E-state index contributed by atoms with van der Waals surface area (Å²) < 4.78 is 1.83. The Morgan fingerprint density at radius 2 is 2.04 bits per heavy atom. The van der Waals surface area contributed by atoms with Crippen LogP contribution in [0, 0.1) is 13.8 Å². The van der Waals surface area contributed by atoms with Crippen molar-refractivity contribution in [2.24, 2.45) is 0 Å². The third-order valence-corrected chi connectivity index (χ3v) is 5.59. The Hall–Kier alpha value is -2.00. The Morgan fingerprint density at radius 1 is 1.24 bits per heavy atom. The van der Waals surface area contributed by atoms with E-state index in [0.29, 0.717) is 6.54 Å². The summed E-state index contributed by atoms with van der Waals surface area (Å²) in [4.78, 5) is 26.2. The van der Waals surface area contributed by atoms with E-state index in [1.165, 1.54) is 4.88 Å². The quantitative estimate of drug-likeness (QED) is 0.826. The molecule has 0 spiro atoms. The van der Waals surface area contributed by atoms with Gasteiger partial charge in [-0.15, -0.1) is 11.3 Å². The fourth-order valence-electron chi connectivity index (χ4n) is 2.80. The molecule has 2 amide bonds. The fourth-order valence-corrected chi connectivity index (χ4v) is 3.73. The molecule has 0 bridgehead atoms. The summed E-state index contributed by atoms with van der Waals surface area (Å²) >= 11 is 1.71. The van der Waals surface area contributed by atoms with Crippen LogP contribution in [0.1, 0.15) is 15.6 Å². The van der Waals surface area contributed by atoms with Crippen LogP contribution in [0.25, 0.3) is 0 Å². The molecule has 3 rings (SSSR count). The van der Waals surface area contributed by atoms with Crippen molar-refractivity contribution in [3.63, 3.8) is 0 Å². The second-order valence-electron chi connectivity index (χ2n) is 6.22. The highest BCUT2D eigenvalue weighted by Gasteiger charge is 2.20. The molecule has 3 heterocycles. The van der Waals surface area contributed by atoms with Gasteiger partial charge in [0.1, 0.15) is 12.7 Å². The average molecular weight is 363 g/mol. The number of aromatic nitrogens is 4. The smallest absolute Gasteiger partial charge is 0.317 e. The molecule has 1 saturated heterocycles. The monoisotopic (exact) mass is 363 g/mol. The Morgan fingerprint density at radius 3 is 2.68 bits per heavy atom. The molecule has 1 aliphatic heterocycles. The molecule has 0 aliphatic carbocycles. The zero-order valence-corrected chi connectivity index (χ0v) is 15.6. The van der Waals surface area contributed by atoms with Crippen molar-refractivity contribution in [2.45, 2.75) is 26.8 Å². The summed E-state index contributed by atoms with van der Waals surface area (Å²) in [5.41, 5.74) is 1.09. The lowest BCUT2D eigenvalue weighted by molar-refractivity contribution is 0.136. The predicted octanol–water partition coefficient (Wildman–Crippen LogP) is 0.921. The van der Waals surface area contributed by atoms with Crippen molar-refractivity contribution in [3.8, 4) is 0 Å². The van der Waals surface area contributed by atoms with Gasteiger partial charge in [-0.1, -0.05) is 0 Å². The molecule has 0 saturated carbocycles. The fraction of sp³-hybridized carbons (Fsp3) is 0.625. The van der Waals surface area contributed by atoms with E-state index in [9.17, 15) is 4.79 Å². The van der Waals surface area contributed by atoms with Crippen molar-refractivity contribution in [1.82, 2.24) is 34.9 Å². The Kier molecular flexibility index (Phi) is 5.98. The van der Waals surface area contributed by atoms with Crippen LogP contribution in [0.3, 0.4) is 0 Å². The van der Waals surface area contributed by atoms with Gasteiger partial charge in [-0.05, 0) is 13.8 Å². The number of nitrogens with zero attached hydrogens (tertiary/aromatic N) is 6. The highest BCUT2D eigenvalue weighted by molar-refractivity contribution is 7.11. The number of piperazine rings is 1. The van der Waals surface area contributed by atoms with E-state index in [2.05, 4.69) is 32.2 Å². The molecule has 1 aliphatic rings. The number of carbonyl (C=O) groups is 1. The molecule has 2 aromatic rings. The van der Waals surface area contributed by atoms with Crippen LogP contribution in [0.2, 0.25) is 0 Å². The second kappa shape index (κ2) is 8.39. The first-order chi connectivity index (χ1) is 12.1. The number of nitrogens with one attached hydrogen (secondary N) is 1. The lowest BCUT2D eigenvalue weighted by Gasteiger charge is -2.34. The molecule has 0 atom stereocenters. The topological polar surface area (TPSA) is 79.2 Å². The second-order valence-corrected chi connectivity index (χ2v) is 7.51. The Balaban J connectivity index is 1.33. The Labute approximate surface area is 151 Å². The maximum Gasteiger partial charge on any atom is 0.317 e. The van der Waals surface area contributed by atoms with E-state index in [1.54, 1.807) is 24.0 Å². The molecular weight excluding hydrogens is 338 g/mol. The highest BCUT2D eigenvalue weighted by Crippen LogP contribution is 2.16. The van der Waals surface area contributed by atoms with E-state index >= 15 is 0 Å². The lowest BCUT2D eigenvalue weighted by atomic mass is 10.3. The summed E-state index contributed by atoms with van der Waals surface area (Å²) in [6, 6.07) is 0.0286. The maximum absolute atomic E-state index is 12.3. The van der Waals surface area contributed by atoms with Gasteiger partial charge in [0.2, 0.25) is 0 Å². The molecule has 1 fully saturated rings. The van der Waals surface area contributed by atoms with Crippen molar-refractivity contribution >= 4 is 17.4 Å². The van der Waals surface area contributed by atoms with E-state index in [1.807, 2.05) is 16.5 Å². The van der Waals surface area contributed by atoms with Gasteiger partial charge in [-0.25, -0.2) is 14.8 Å². The number of urea groups is 1. The first-order valence-electron chi connectivity index (χ1n) is 8.62. The van der Waals surface area contributed by atoms with E-state index in [-0.39, 0.29) is 6.03 Å². The van der Waals surface area contributed by atoms with E-state index < -0.39 is 0 Å². The first-order valence-corrected chi connectivity index (χ1v) is 9.44.